The van der Waals surface area contributed by atoms with Gasteiger partial charge in [-0.05, 0) is 6.20 Å². The quantitative estimate of drug-likeness (QED) is 0.500. The van der Waals surface area contributed by atoms with Gasteiger partial charge in [-0.2, -0.15) is 0 Å². The van der Waals surface area contributed by atoms with Crippen LogP contribution in [0.4, 0.5) is 17.2 Å². The molecule has 0 aliphatic rings. The molecule has 0 aromatic carbocycles. The first kappa shape index (κ1) is 8.19. The molecule has 0 atom stereocenters. The van der Waals surface area contributed by atoms with Gasteiger partial charge in [0.25, 0.3) is 5.56 Å². The molecule has 1 heterocycles. The first-order valence-corrected chi connectivity index (χ1v) is 3.31. The standard InChI is InChI=1S/C7H10N4O/c1-2-10-4-3-5(8)11-7(12)6(4)9/h2-3H,1,9H2,(H4,8,10,11,12). The highest BCUT2D eigenvalue weighted by Crippen LogP contribution is 2.14. The summed E-state index contributed by atoms with van der Waals surface area (Å²) in [4.78, 5) is 13.4. The molecule has 0 unspecified atom stereocenters. The minimum atomic E-state index is -0.403. The van der Waals surface area contributed by atoms with E-state index in [1.54, 1.807) is 0 Å². The molecule has 6 N–H and O–H groups in total. The normalized spacial score (nSPS) is 9.33. The van der Waals surface area contributed by atoms with Gasteiger partial charge in [0, 0.05) is 6.07 Å². The summed E-state index contributed by atoms with van der Waals surface area (Å²) in [6, 6.07) is 1.53. The minimum Gasteiger partial charge on any atom is -0.393 e. The third kappa shape index (κ3) is 1.39. The van der Waals surface area contributed by atoms with E-state index in [1.807, 2.05) is 0 Å². The molecule has 0 aliphatic heterocycles. The fourth-order valence-corrected chi connectivity index (χ4v) is 0.819. The minimum absolute atomic E-state index is 0.101. The smallest absolute Gasteiger partial charge is 0.274 e. The molecule has 0 spiro atoms. The lowest BCUT2D eigenvalue weighted by Crippen LogP contribution is -2.15. The highest BCUT2D eigenvalue weighted by atomic mass is 16.1. The van der Waals surface area contributed by atoms with Gasteiger partial charge in [-0.15, -0.1) is 0 Å². The summed E-state index contributed by atoms with van der Waals surface area (Å²) in [5, 5.41) is 2.70. The van der Waals surface area contributed by atoms with Gasteiger partial charge in [0.05, 0.1) is 5.69 Å². The third-order valence-electron chi connectivity index (χ3n) is 1.35. The Kier molecular flexibility index (Phi) is 2.05. The van der Waals surface area contributed by atoms with Crippen molar-refractivity contribution in [2.75, 3.05) is 16.8 Å². The maximum atomic E-state index is 11.0. The van der Waals surface area contributed by atoms with Gasteiger partial charge in [-0.1, -0.05) is 6.58 Å². The molecule has 1 rings (SSSR count). The van der Waals surface area contributed by atoms with Crippen molar-refractivity contribution in [1.29, 1.82) is 0 Å². The molecule has 0 fully saturated rings. The zero-order valence-corrected chi connectivity index (χ0v) is 6.42. The van der Waals surface area contributed by atoms with E-state index in [1.165, 1.54) is 12.3 Å². The van der Waals surface area contributed by atoms with Crippen molar-refractivity contribution in [3.63, 3.8) is 0 Å². The van der Waals surface area contributed by atoms with Crippen molar-refractivity contribution in [2.24, 2.45) is 0 Å². The number of hydrogen-bond acceptors (Lipinski definition) is 4. The molecule has 0 saturated heterocycles. The summed E-state index contributed by atoms with van der Waals surface area (Å²) < 4.78 is 0. The van der Waals surface area contributed by atoms with Gasteiger partial charge in [-0.3, -0.25) is 4.79 Å². The number of aromatic amines is 1. The Hall–Kier alpha value is -1.91. The van der Waals surface area contributed by atoms with Gasteiger partial charge >= 0.3 is 0 Å². The highest BCUT2D eigenvalue weighted by Gasteiger charge is 2.01. The van der Waals surface area contributed by atoms with Gasteiger partial charge < -0.3 is 21.8 Å². The number of rotatable bonds is 2. The first-order chi connectivity index (χ1) is 5.65. The SMILES string of the molecule is C=CNc1cc(N)[nH]c(=O)c1N. The van der Waals surface area contributed by atoms with Crippen LogP contribution in [0, 0.1) is 0 Å². The second-order valence-electron chi connectivity index (χ2n) is 2.23. The van der Waals surface area contributed by atoms with E-state index >= 15 is 0 Å². The number of nitrogens with two attached hydrogens (primary N) is 2. The molecule has 12 heavy (non-hydrogen) atoms. The summed E-state index contributed by atoms with van der Waals surface area (Å²) in [6.07, 6.45) is 1.42. The van der Waals surface area contributed by atoms with E-state index in [-0.39, 0.29) is 11.5 Å². The van der Waals surface area contributed by atoms with Crippen LogP contribution in [0.2, 0.25) is 0 Å². The van der Waals surface area contributed by atoms with E-state index < -0.39 is 5.56 Å². The fourth-order valence-electron chi connectivity index (χ4n) is 0.819. The van der Waals surface area contributed by atoms with Crippen LogP contribution >= 0.6 is 0 Å². The molecule has 0 aliphatic carbocycles. The molecule has 0 bridgehead atoms. The van der Waals surface area contributed by atoms with Crippen molar-refractivity contribution in [2.45, 2.75) is 0 Å². The van der Waals surface area contributed by atoms with Crippen LogP contribution in [0.5, 0.6) is 0 Å². The lowest BCUT2D eigenvalue weighted by molar-refractivity contribution is 1.25. The van der Waals surface area contributed by atoms with E-state index in [0.29, 0.717) is 5.69 Å². The van der Waals surface area contributed by atoms with E-state index in [0.717, 1.165) is 0 Å². The Morgan fingerprint density at radius 2 is 2.25 bits per heavy atom. The molecule has 5 nitrogen and oxygen atoms in total. The van der Waals surface area contributed by atoms with Gasteiger partial charge in [0.2, 0.25) is 0 Å². The number of hydrogen-bond donors (Lipinski definition) is 4. The lowest BCUT2D eigenvalue weighted by atomic mass is 10.3. The zero-order valence-electron chi connectivity index (χ0n) is 6.42. The molecule has 0 radical (unpaired) electrons. The topological polar surface area (TPSA) is 96.9 Å². The number of pyridine rings is 1. The van der Waals surface area contributed by atoms with Gasteiger partial charge in [-0.25, -0.2) is 0 Å². The fraction of sp³-hybridized carbons (Fsp3) is 0. The van der Waals surface area contributed by atoms with Crippen molar-refractivity contribution in [3.8, 4) is 0 Å². The molecule has 5 heteroatoms. The number of nitrogens with one attached hydrogen (secondary N) is 2. The average molecular weight is 166 g/mol. The van der Waals surface area contributed by atoms with Crippen molar-refractivity contribution < 1.29 is 0 Å². The number of aromatic nitrogens is 1. The maximum Gasteiger partial charge on any atom is 0.274 e. The number of H-pyrrole nitrogens is 1. The number of anilines is 3. The van der Waals surface area contributed by atoms with Crippen molar-refractivity contribution >= 4 is 17.2 Å². The molecular formula is C7H10N4O. The summed E-state index contributed by atoms with van der Waals surface area (Å²) in [6.45, 7) is 3.44. The summed E-state index contributed by atoms with van der Waals surface area (Å²) in [5.41, 5.74) is 11.0. The Morgan fingerprint density at radius 3 is 2.83 bits per heavy atom. The molecule has 1 aromatic heterocycles. The van der Waals surface area contributed by atoms with Crippen LogP contribution < -0.4 is 22.3 Å². The van der Waals surface area contributed by atoms with Crippen LogP contribution in [0.1, 0.15) is 0 Å². The monoisotopic (exact) mass is 166 g/mol. The Balaban J connectivity index is 3.27. The third-order valence-corrected chi connectivity index (χ3v) is 1.35. The molecule has 1 aromatic rings. The van der Waals surface area contributed by atoms with Crippen molar-refractivity contribution in [1.82, 2.24) is 4.98 Å². The second-order valence-corrected chi connectivity index (χ2v) is 2.23. The number of nitrogen functional groups attached to an aromatic ring is 2. The van der Waals surface area contributed by atoms with Crippen LogP contribution in [0.15, 0.2) is 23.6 Å². The molecule has 0 amide bonds. The van der Waals surface area contributed by atoms with E-state index in [9.17, 15) is 4.79 Å². The van der Waals surface area contributed by atoms with E-state index in [4.69, 9.17) is 11.5 Å². The predicted octanol–water partition coefficient (Wildman–Crippen LogP) is 0.0947. The van der Waals surface area contributed by atoms with Crippen LogP contribution in [0.3, 0.4) is 0 Å². The van der Waals surface area contributed by atoms with Crippen LogP contribution in [-0.4, -0.2) is 4.98 Å². The maximum absolute atomic E-state index is 11.0. The Labute approximate surface area is 69.1 Å². The summed E-state index contributed by atoms with van der Waals surface area (Å²) in [7, 11) is 0. The Bertz CT molecular complexity index is 355. The molecule has 0 saturated carbocycles. The lowest BCUT2D eigenvalue weighted by Gasteiger charge is -2.04. The largest absolute Gasteiger partial charge is 0.393 e. The van der Waals surface area contributed by atoms with Gasteiger partial charge in [0.15, 0.2) is 0 Å². The van der Waals surface area contributed by atoms with E-state index in [2.05, 4.69) is 16.9 Å². The summed E-state index contributed by atoms with van der Waals surface area (Å²) >= 11 is 0. The van der Waals surface area contributed by atoms with Crippen LogP contribution in [0.25, 0.3) is 0 Å². The second kappa shape index (κ2) is 3.00. The summed E-state index contributed by atoms with van der Waals surface area (Å²) in [5.74, 6) is 0.263. The van der Waals surface area contributed by atoms with Gasteiger partial charge in [0.1, 0.15) is 11.5 Å². The zero-order chi connectivity index (χ0) is 9.14. The first-order valence-electron chi connectivity index (χ1n) is 3.31. The predicted molar refractivity (Wildman–Crippen MR) is 49.7 cm³/mol. The molecular weight excluding hydrogens is 156 g/mol. The highest BCUT2D eigenvalue weighted by molar-refractivity contribution is 5.68. The molecule has 64 valence electrons. The van der Waals surface area contributed by atoms with Crippen LogP contribution in [-0.2, 0) is 0 Å². The Morgan fingerprint density at radius 1 is 1.58 bits per heavy atom. The average Bonchev–Trinajstić information content (AvgIpc) is 2.00. The van der Waals surface area contributed by atoms with Crippen molar-refractivity contribution in [3.05, 3.63) is 29.2 Å².